The van der Waals surface area contributed by atoms with Crippen LogP contribution in [0.5, 0.6) is 0 Å². The Bertz CT molecular complexity index is 581. The number of fused-ring (bicyclic) bond motifs is 1. The van der Waals surface area contributed by atoms with Crippen molar-refractivity contribution in [2.45, 2.75) is 72.1 Å². The van der Waals surface area contributed by atoms with E-state index >= 15 is 0 Å². The zero-order valence-electron chi connectivity index (χ0n) is 18.2. The van der Waals surface area contributed by atoms with E-state index in [4.69, 9.17) is 9.73 Å². The molecule has 2 N–H and O–H groups in total. The van der Waals surface area contributed by atoms with Gasteiger partial charge in [0.05, 0.1) is 6.54 Å². The quantitative estimate of drug-likeness (QED) is 0.320. The van der Waals surface area contributed by atoms with Crippen molar-refractivity contribution in [1.29, 1.82) is 0 Å². The van der Waals surface area contributed by atoms with Crippen LogP contribution in [0, 0.1) is 0 Å². The number of aliphatic imine (C=N–C) groups is 1. The summed E-state index contributed by atoms with van der Waals surface area (Å²) in [6.45, 7) is 13.1. The summed E-state index contributed by atoms with van der Waals surface area (Å²) >= 11 is 0. The molecule has 8 nitrogen and oxygen atoms in total. The molecular weight excluding hydrogens is 354 g/mol. The lowest BCUT2D eigenvalue weighted by Crippen LogP contribution is -2.47. The summed E-state index contributed by atoms with van der Waals surface area (Å²) in [4.78, 5) is 11.9. The van der Waals surface area contributed by atoms with E-state index in [0.717, 1.165) is 63.0 Å². The molecular formula is C20H39N7O. The fourth-order valence-electron chi connectivity index (χ4n) is 3.64. The van der Waals surface area contributed by atoms with Gasteiger partial charge in [-0.05, 0) is 52.2 Å². The first kappa shape index (κ1) is 22.6. The standard InChI is InChI=1S/C20H39N7O/c1-5-12-26(13-6-2)14-8-11-22-20(21-7-3)23-17-9-10-19-24-18(16-28-4)25-27(19)15-17/h17H,5-16H2,1-4H3,(H2,21,22,23). The molecule has 0 spiro atoms. The lowest BCUT2D eigenvalue weighted by atomic mass is 10.1. The van der Waals surface area contributed by atoms with Crippen molar-refractivity contribution in [3.8, 4) is 0 Å². The van der Waals surface area contributed by atoms with Crippen molar-refractivity contribution < 1.29 is 4.74 Å². The molecule has 28 heavy (non-hydrogen) atoms. The smallest absolute Gasteiger partial charge is 0.191 e. The van der Waals surface area contributed by atoms with Gasteiger partial charge in [-0.15, -0.1) is 0 Å². The van der Waals surface area contributed by atoms with Crippen LogP contribution in [0.25, 0.3) is 0 Å². The molecule has 0 saturated heterocycles. The molecule has 8 heteroatoms. The maximum absolute atomic E-state index is 5.14. The fraction of sp³-hybridized carbons (Fsp3) is 0.850. The van der Waals surface area contributed by atoms with Crippen LogP contribution in [0.4, 0.5) is 0 Å². The van der Waals surface area contributed by atoms with Gasteiger partial charge in [0.1, 0.15) is 12.4 Å². The van der Waals surface area contributed by atoms with E-state index in [-0.39, 0.29) is 0 Å². The minimum atomic E-state index is 0.319. The summed E-state index contributed by atoms with van der Waals surface area (Å²) in [6.07, 6.45) is 5.49. The van der Waals surface area contributed by atoms with Gasteiger partial charge in [-0.1, -0.05) is 13.8 Å². The maximum atomic E-state index is 5.14. The minimum absolute atomic E-state index is 0.319. The highest BCUT2D eigenvalue weighted by Gasteiger charge is 2.22. The van der Waals surface area contributed by atoms with Gasteiger partial charge in [0.2, 0.25) is 0 Å². The summed E-state index contributed by atoms with van der Waals surface area (Å²) in [7, 11) is 1.67. The summed E-state index contributed by atoms with van der Waals surface area (Å²) < 4.78 is 7.15. The predicted molar refractivity (Wildman–Crippen MR) is 114 cm³/mol. The zero-order valence-corrected chi connectivity index (χ0v) is 18.2. The molecule has 2 heterocycles. The number of aryl methyl sites for hydroxylation is 1. The second-order valence-corrected chi connectivity index (χ2v) is 7.40. The van der Waals surface area contributed by atoms with Crippen molar-refractivity contribution in [2.75, 3.05) is 39.8 Å². The van der Waals surface area contributed by atoms with Gasteiger partial charge < -0.3 is 20.3 Å². The number of methoxy groups -OCH3 is 1. The van der Waals surface area contributed by atoms with Gasteiger partial charge >= 0.3 is 0 Å². The molecule has 2 rings (SSSR count). The van der Waals surface area contributed by atoms with Crippen molar-refractivity contribution in [1.82, 2.24) is 30.3 Å². The Morgan fingerprint density at radius 1 is 1.25 bits per heavy atom. The van der Waals surface area contributed by atoms with Gasteiger partial charge in [-0.25, -0.2) is 9.67 Å². The molecule has 0 aromatic carbocycles. The van der Waals surface area contributed by atoms with Crippen molar-refractivity contribution in [3.63, 3.8) is 0 Å². The van der Waals surface area contributed by atoms with Crippen LogP contribution in [0.2, 0.25) is 0 Å². The Labute approximate surface area is 170 Å². The van der Waals surface area contributed by atoms with Crippen LogP contribution in [-0.2, 0) is 24.3 Å². The minimum Gasteiger partial charge on any atom is -0.377 e. The Balaban J connectivity index is 1.83. The first-order valence-electron chi connectivity index (χ1n) is 10.9. The molecule has 0 fully saturated rings. The summed E-state index contributed by atoms with van der Waals surface area (Å²) in [5, 5.41) is 11.5. The third kappa shape index (κ3) is 7.39. The molecule has 1 aromatic rings. The number of nitrogens with zero attached hydrogens (tertiary/aromatic N) is 5. The van der Waals surface area contributed by atoms with Gasteiger partial charge in [0.25, 0.3) is 0 Å². The molecule has 0 radical (unpaired) electrons. The number of nitrogens with one attached hydrogen (secondary N) is 2. The average molecular weight is 394 g/mol. The van der Waals surface area contributed by atoms with E-state index in [1.165, 1.54) is 25.9 Å². The maximum Gasteiger partial charge on any atom is 0.191 e. The summed E-state index contributed by atoms with van der Waals surface area (Å²) in [5.74, 6) is 2.73. The lowest BCUT2D eigenvalue weighted by Gasteiger charge is -2.25. The fourth-order valence-corrected chi connectivity index (χ4v) is 3.64. The van der Waals surface area contributed by atoms with E-state index in [1.807, 2.05) is 4.68 Å². The number of hydrogen-bond acceptors (Lipinski definition) is 5. The molecule has 1 atom stereocenters. The van der Waals surface area contributed by atoms with E-state index in [0.29, 0.717) is 12.6 Å². The number of rotatable bonds is 12. The largest absolute Gasteiger partial charge is 0.377 e. The number of hydrogen-bond donors (Lipinski definition) is 2. The van der Waals surface area contributed by atoms with Gasteiger partial charge in [0.15, 0.2) is 11.8 Å². The molecule has 0 bridgehead atoms. The first-order chi connectivity index (χ1) is 13.7. The third-order valence-corrected chi connectivity index (χ3v) is 4.84. The topological polar surface area (TPSA) is 79.6 Å². The summed E-state index contributed by atoms with van der Waals surface area (Å²) in [5.41, 5.74) is 0. The molecule has 0 aliphatic carbocycles. The molecule has 0 amide bonds. The van der Waals surface area contributed by atoms with Gasteiger partial charge in [0, 0.05) is 32.7 Å². The average Bonchev–Trinajstić information content (AvgIpc) is 3.07. The van der Waals surface area contributed by atoms with Crippen molar-refractivity contribution in [2.24, 2.45) is 4.99 Å². The van der Waals surface area contributed by atoms with Crippen molar-refractivity contribution in [3.05, 3.63) is 11.6 Å². The van der Waals surface area contributed by atoms with Gasteiger partial charge in [-0.2, -0.15) is 5.10 Å². The van der Waals surface area contributed by atoms with Crippen LogP contribution in [0.3, 0.4) is 0 Å². The highest BCUT2D eigenvalue weighted by atomic mass is 16.5. The highest BCUT2D eigenvalue weighted by molar-refractivity contribution is 5.80. The van der Waals surface area contributed by atoms with E-state index in [2.05, 4.69) is 46.4 Å². The summed E-state index contributed by atoms with van der Waals surface area (Å²) in [6, 6.07) is 0.319. The van der Waals surface area contributed by atoms with Crippen molar-refractivity contribution >= 4 is 5.96 Å². The number of guanidine groups is 1. The van der Waals surface area contributed by atoms with E-state index in [9.17, 15) is 0 Å². The number of ether oxygens (including phenoxy) is 1. The molecule has 0 saturated carbocycles. The van der Waals surface area contributed by atoms with Crippen LogP contribution < -0.4 is 10.6 Å². The normalized spacial score (nSPS) is 17.0. The Hall–Kier alpha value is -1.67. The molecule has 1 aromatic heterocycles. The zero-order chi connectivity index (χ0) is 20.2. The van der Waals surface area contributed by atoms with Gasteiger partial charge in [-0.3, -0.25) is 4.99 Å². The Morgan fingerprint density at radius 2 is 2.04 bits per heavy atom. The molecule has 1 unspecified atom stereocenters. The van der Waals surface area contributed by atoms with Crippen LogP contribution >= 0.6 is 0 Å². The van der Waals surface area contributed by atoms with Crippen LogP contribution in [0.1, 0.15) is 58.1 Å². The molecule has 160 valence electrons. The van der Waals surface area contributed by atoms with E-state index < -0.39 is 0 Å². The second-order valence-electron chi connectivity index (χ2n) is 7.40. The highest BCUT2D eigenvalue weighted by Crippen LogP contribution is 2.13. The predicted octanol–water partition coefficient (Wildman–Crippen LogP) is 1.81. The van der Waals surface area contributed by atoms with E-state index in [1.54, 1.807) is 7.11 Å². The SMILES string of the molecule is CCCN(CCC)CCCN=C(NCC)NC1CCc2nc(COC)nn2C1. The van der Waals surface area contributed by atoms with Crippen LogP contribution in [0.15, 0.2) is 4.99 Å². The van der Waals surface area contributed by atoms with Crippen LogP contribution in [-0.4, -0.2) is 71.5 Å². The number of aromatic nitrogens is 3. The lowest BCUT2D eigenvalue weighted by molar-refractivity contribution is 0.177. The molecule has 1 aliphatic heterocycles. The monoisotopic (exact) mass is 393 g/mol. The Morgan fingerprint density at radius 3 is 2.71 bits per heavy atom. The molecule has 1 aliphatic rings. The second kappa shape index (κ2) is 12.7. The first-order valence-corrected chi connectivity index (χ1v) is 10.9. The Kier molecular flexibility index (Phi) is 10.3. The third-order valence-electron chi connectivity index (χ3n) is 4.84.